The lowest BCUT2D eigenvalue weighted by Gasteiger charge is -2.38. The highest BCUT2D eigenvalue weighted by Crippen LogP contribution is 2.37. The molecule has 0 spiro atoms. The van der Waals surface area contributed by atoms with Crippen LogP contribution < -0.4 is 4.90 Å². The number of fused-ring (bicyclic) bond motifs is 4. The molecule has 5 rings (SSSR count). The fourth-order valence-electron chi connectivity index (χ4n) is 4.32. The van der Waals surface area contributed by atoms with Crippen molar-refractivity contribution in [3.8, 4) is 0 Å². The zero-order valence-electron chi connectivity index (χ0n) is 14.9. The molecule has 3 aromatic rings. The first-order chi connectivity index (χ1) is 13.4. The zero-order valence-corrected chi connectivity index (χ0v) is 14.9. The lowest BCUT2D eigenvalue weighted by atomic mass is 10.1. The summed E-state index contributed by atoms with van der Waals surface area (Å²) in [6.07, 6.45) is 0.477. The summed E-state index contributed by atoms with van der Waals surface area (Å²) in [6, 6.07) is 1.81. The molecule has 0 saturated carbocycles. The van der Waals surface area contributed by atoms with Crippen molar-refractivity contribution in [1.82, 2.24) is 19.9 Å². The van der Waals surface area contributed by atoms with Crippen LogP contribution in [-0.2, 0) is 6.18 Å². The van der Waals surface area contributed by atoms with Crippen molar-refractivity contribution in [3.63, 3.8) is 0 Å². The lowest BCUT2D eigenvalue weighted by molar-refractivity contribution is -0.137. The topological polar surface area (TPSA) is 45.2 Å². The summed E-state index contributed by atoms with van der Waals surface area (Å²) in [5.41, 5.74) is -0.523. The number of pyridine rings is 1. The van der Waals surface area contributed by atoms with Gasteiger partial charge in [0.1, 0.15) is 22.4 Å². The molecule has 0 amide bonds. The maximum atomic E-state index is 14.6. The number of halogens is 4. The molecule has 2 aromatic heterocycles. The van der Waals surface area contributed by atoms with Gasteiger partial charge in [-0.15, -0.1) is 0 Å². The summed E-state index contributed by atoms with van der Waals surface area (Å²) in [6.45, 7) is 3.41. The monoisotopic (exact) mass is 391 g/mol. The Kier molecular flexibility index (Phi) is 3.90. The predicted molar refractivity (Wildman–Crippen MR) is 96.6 cm³/mol. The van der Waals surface area contributed by atoms with Gasteiger partial charge in [-0.1, -0.05) is 0 Å². The van der Waals surface area contributed by atoms with Crippen LogP contribution in [0.5, 0.6) is 0 Å². The third kappa shape index (κ3) is 2.76. The number of nitrogens with zero attached hydrogens (tertiary/aromatic N) is 5. The van der Waals surface area contributed by atoms with Crippen molar-refractivity contribution in [3.05, 3.63) is 35.9 Å². The maximum Gasteiger partial charge on any atom is 0.416 e. The Morgan fingerprint density at radius 3 is 2.54 bits per heavy atom. The molecule has 2 fully saturated rings. The zero-order chi connectivity index (χ0) is 19.5. The van der Waals surface area contributed by atoms with Gasteiger partial charge in [-0.2, -0.15) is 13.2 Å². The van der Waals surface area contributed by atoms with Gasteiger partial charge >= 0.3 is 6.18 Å². The number of anilines is 1. The van der Waals surface area contributed by atoms with E-state index in [-0.39, 0.29) is 16.4 Å². The number of hydrogen-bond donors (Lipinski definition) is 0. The van der Waals surface area contributed by atoms with E-state index in [1.807, 2.05) is 0 Å². The van der Waals surface area contributed by atoms with Gasteiger partial charge < -0.3 is 4.90 Å². The Bertz CT molecular complexity index is 1070. The lowest BCUT2D eigenvalue weighted by Crippen LogP contribution is -2.50. The Hall–Kier alpha value is -2.55. The van der Waals surface area contributed by atoms with Crippen LogP contribution in [-0.4, -0.2) is 52.1 Å². The second kappa shape index (κ2) is 6.23. The highest BCUT2D eigenvalue weighted by molar-refractivity contribution is 6.06. The Balaban J connectivity index is 1.71. The van der Waals surface area contributed by atoms with E-state index in [9.17, 15) is 17.6 Å². The molecule has 9 heteroatoms. The van der Waals surface area contributed by atoms with Gasteiger partial charge in [0, 0.05) is 43.5 Å². The van der Waals surface area contributed by atoms with E-state index in [1.54, 1.807) is 0 Å². The molecule has 2 saturated heterocycles. The molecule has 2 aliphatic rings. The molecule has 4 heterocycles. The largest absolute Gasteiger partial charge is 0.416 e. The van der Waals surface area contributed by atoms with Crippen LogP contribution >= 0.6 is 0 Å². The van der Waals surface area contributed by atoms with Crippen molar-refractivity contribution in [2.24, 2.45) is 0 Å². The average Bonchev–Trinajstić information content (AvgIpc) is 3.14. The first-order valence-electron chi connectivity index (χ1n) is 9.22. The minimum Gasteiger partial charge on any atom is -0.352 e. The van der Waals surface area contributed by atoms with Crippen molar-refractivity contribution >= 4 is 27.8 Å². The van der Waals surface area contributed by atoms with Gasteiger partial charge in [0.05, 0.1) is 5.56 Å². The van der Waals surface area contributed by atoms with Crippen LogP contribution in [0.1, 0.15) is 18.4 Å². The van der Waals surface area contributed by atoms with Crippen LogP contribution in [0.4, 0.5) is 23.4 Å². The van der Waals surface area contributed by atoms with E-state index >= 15 is 0 Å². The van der Waals surface area contributed by atoms with E-state index in [4.69, 9.17) is 0 Å². The van der Waals surface area contributed by atoms with Crippen molar-refractivity contribution < 1.29 is 17.6 Å². The van der Waals surface area contributed by atoms with Crippen LogP contribution in [0.3, 0.4) is 0 Å². The normalized spacial score (nSPS) is 20.9. The van der Waals surface area contributed by atoms with Crippen LogP contribution in [0.15, 0.2) is 24.5 Å². The SMILES string of the molecule is Fc1cc(C(F)(F)F)cc2c1nc(N1CCN3CCCC3C1)c1nccnc12. The maximum absolute atomic E-state index is 14.6. The minimum absolute atomic E-state index is 0.0266. The summed E-state index contributed by atoms with van der Waals surface area (Å²) < 4.78 is 54.1. The summed E-state index contributed by atoms with van der Waals surface area (Å²) in [4.78, 5) is 17.5. The number of aromatic nitrogens is 3. The molecule has 0 N–H and O–H groups in total. The second-order valence-electron chi connectivity index (χ2n) is 7.32. The Morgan fingerprint density at radius 1 is 0.964 bits per heavy atom. The van der Waals surface area contributed by atoms with Gasteiger partial charge in [0.2, 0.25) is 0 Å². The summed E-state index contributed by atoms with van der Waals surface area (Å²) >= 11 is 0. The van der Waals surface area contributed by atoms with Crippen LogP contribution in [0.2, 0.25) is 0 Å². The highest BCUT2D eigenvalue weighted by Gasteiger charge is 2.34. The molecule has 0 aliphatic carbocycles. The predicted octanol–water partition coefficient (Wildman–Crippen LogP) is 3.62. The van der Waals surface area contributed by atoms with Gasteiger partial charge in [-0.05, 0) is 31.5 Å². The molecule has 0 bridgehead atoms. The summed E-state index contributed by atoms with van der Waals surface area (Å²) in [5, 5.41) is 0.0266. The third-order valence-corrected chi connectivity index (χ3v) is 5.66. The van der Waals surface area contributed by atoms with Gasteiger partial charge in [-0.3, -0.25) is 9.88 Å². The van der Waals surface area contributed by atoms with E-state index in [2.05, 4.69) is 24.8 Å². The summed E-state index contributed by atoms with van der Waals surface area (Å²) in [7, 11) is 0. The molecule has 2 aliphatic heterocycles. The molecule has 1 atom stereocenters. The van der Waals surface area contributed by atoms with E-state index < -0.39 is 17.6 Å². The minimum atomic E-state index is -4.65. The number of alkyl halides is 3. The van der Waals surface area contributed by atoms with Crippen molar-refractivity contribution in [2.75, 3.05) is 31.1 Å². The molecule has 0 radical (unpaired) electrons. The molecular weight excluding hydrogens is 374 g/mol. The fraction of sp³-hybridized carbons (Fsp3) is 0.421. The molecule has 28 heavy (non-hydrogen) atoms. The first-order valence-corrected chi connectivity index (χ1v) is 9.22. The molecule has 1 aromatic carbocycles. The number of piperazine rings is 1. The second-order valence-corrected chi connectivity index (χ2v) is 7.32. The Labute approximate surface area is 158 Å². The average molecular weight is 391 g/mol. The van der Waals surface area contributed by atoms with Gasteiger partial charge in [-0.25, -0.2) is 14.4 Å². The fourth-order valence-corrected chi connectivity index (χ4v) is 4.32. The Morgan fingerprint density at radius 2 is 1.75 bits per heavy atom. The molecule has 146 valence electrons. The standard InChI is InChI=1S/C19H17F4N5/c20-14-9-11(19(21,22)23)8-13-15(14)26-18(17-16(13)24-3-4-25-17)28-7-6-27-5-1-2-12(27)10-28/h3-4,8-9,12H,1-2,5-7,10H2. The van der Waals surface area contributed by atoms with Crippen molar-refractivity contribution in [1.29, 1.82) is 0 Å². The van der Waals surface area contributed by atoms with Gasteiger partial charge in [0.15, 0.2) is 5.82 Å². The number of benzene rings is 1. The highest BCUT2D eigenvalue weighted by atomic mass is 19.4. The van der Waals surface area contributed by atoms with Crippen molar-refractivity contribution in [2.45, 2.75) is 25.1 Å². The third-order valence-electron chi connectivity index (χ3n) is 5.66. The summed E-state index contributed by atoms with van der Waals surface area (Å²) in [5.74, 6) is -0.515. The molecule has 1 unspecified atom stereocenters. The number of hydrogen-bond acceptors (Lipinski definition) is 5. The molecule has 5 nitrogen and oxygen atoms in total. The van der Waals surface area contributed by atoms with E-state index in [0.29, 0.717) is 30.0 Å². The number of rotatable bonds is 1. The van der Waals surface area contributed by atoms with Gasteiger partial charge in [0.25, 0.3) is 0 Å². The van der Waals surface area contributed by atoms with E-state index in [1.165, 1.54) is 12.4 Å². The van der Waals surface area contributed by atoms with Crippen LogP contribution in [0.25, 0.3) is 21.9 Å². The smallest absolute Gasteiger partial charge is 0.352 e. The van der Waals surface area contributed by atoms with E-state index in [0.717, 1.165) is 38.5 Å². The molecular formula is C19H17F4N5. The van der Waals surface area contributed by atoms with Crippen LogP contribution in [0, 0.1) is 5.82 Å². The quantitative estimate of drug-likeness (QED) is 0.468. The first kappa shape index (κ1) is 17.5.